The van der Waals surface area contributed by atoms with Crippen LogP contribution < -0.4 is 4.74 Å². The van der Waals surface area contributed by atoms with Crippen molar-refractivity contribution < 1.29 is 9.53 Å². The summed E-state index contributed by atoms with van der Waals surface area (Å²) in [5.74, 6) is 0.728. The van der Waals surface area contributed by atoms with E-state index in [9.17, 15) is 4.79 Å². The van der Waals surface area contributed by atoms with Crippen molar-refractivity contribution in [3.63, 3.8) is 0 Å². The number of benzene rings is 2. The minimum absolute atomic E-state index is 0.00652. The highest BCUT2D eigenvalue weighted by atomic mass is 32.2. The number of hydrogen-bond acceptors (Lipinski definition) is 3. The maximum atomic E-state index is 12.0. The Bertz CT molecular complexity index is 561. The fourth-order valence-electron chi connectivity index (χ4n) is 1.78. The van der Waals surface area contributed by atoms with Gasteiger partial charge in [-0.2, -0.15) is 0 Å². The monoisotopic (exact) mass is 272 g/mol. The van der Waals surface area contributed by atoms with Crippen molar-refractivity contribution in [1.29, 1.82) is 0 Å². The fourth-order valence-corrected chi connectivity index (χ4v) is 2.19. The van der Waals surface area contributed by atoms with Crippen molar-refractivity contribution in [2.45, 2.75) is 11.8 Å². The molecule has 0 saturated heterocycles. The molecule has 98 valence electrons. The number of thioether (sulfide) groups is 1. The molecule has 0 atom stereocenters. The van der Waals surface area contributed by atoms with Crippen LogP contribution >= 0.6 is 11.8 Å². The van der Waals surface area contributed by atoms with Gasteiger partial charge in [0.15, 0.2) is 12.4 Å². The maximum absolute atomic E-state index is 12.0. The van der Waals surface area contributed by atoms with Crippen LogP contribution in [0.4, 0.5) is 0 Å². The van der Waals surface area contributed by atoms with Crippen LogP contribution in [0.2, 0.25) is 0 Å². The van der Waals surface area contributed by atoms with E-state index < -0.39 is 0 Å². The molecule has 0 aliphatic heterocycles. The Hall–Kier alpha value is -1.74. The summed E-state index contributed by atoms with van der Waals surface area (Å²) >= 11 is 1.68. The second-order valence-electron chi connectivity index (χ2n) is 4.20. The Labute approximate surface area is 117 Å². The molecule has 3 heteroatoms. The van der Waals surface area contributed by atoms with E-state index in [1.807, 2.05) is 61.7 Å². The van der Waals surface area contributed by atoms with Crippen molar-refractivity contribution in [2.24, 2.45) is 0 Å². The molecule has 0 radical (unpaired) electrons. The molecule has 2 rings (SSSR count). The van der Waals surface area contributed by atoms with Crippen LogP contribution in [0.5, 0.6) is 5.75 Å². The van der Waals surface area contributed by atoms with Crippen LogP contribution in [0, 0.1) is 6.92 Å². The molecule has 0 aromatic heterocycles. The van der Waals surface area contributed by atoms with Gasteiger partial charge < -0.3 is 4.74 Å². The molecule has 0 N–H and O–H groups in total. The van der Waals surface area contributed by atoms with E-state index in [0.717, 1.165) is 16.9 Å². The topological polar surface area (TPSA) is 26.3 Å². The molecule has 2 aromatic rings. The third-order valence-electron chi connectivity index (χ3n) is 2.87. The van der Waals surface area contributed by atoms with E-state index in [1.54, 1.807) is 11.8 Å². The van der Waals surface area contributed by atoms with Gasteiger partial charge in [0.25, 0.3) is 0 Å². The van der Waals surface area contributed by atoms with Crippen molar-refractivity contribution in [1.82, 2.24) is 0 Å². The molecule has 0 amide bonds. The summed E-state index contributed by atoms with van der Waals surface area (Å²) in [6.45, 7) is 2.00. The zero-order chi connectivity index (χ0) is 13.7. The molecule has 0 aliphatic rings. The van der Waals surface area contributed by atoms with Crippen molar-refractivity contribution >= 4 is 17.5 Å². The van der Waals surface area contributed by atoms with Gasteiger partial charge in [0.2, 0.25) is 0 Å². The van der Waals surface area contributed by atoms with Gasteiger partial charge in [-0.25, -0.2) is 0 Å². The predicted molar refractivity (Wildman–Crippen MR) is 79.2 cm³/mol. The number of hydrogen-bond donors (Lipinski definition) is 0. The van der Waals surface area contributed by atoms with Gasteiger partial charge in [0.1, 0.15) is 5.75 Å². The molecule has 0 aliphatic carbocycles. The Morgan fingerprint density at radius 1 is 1.11 bits per heavy atom. The Morgan fingerprint density at radius 2 is 1.79 bits per heavy atom. The largest absolute Gasteiger partial charge is 0.485 e. The lowest BCUT2D eigenvalue weighted by Crippen LogP contribution is -2.12. The third-order valence-corrected chi connectivity index (χ3v) is 3.62. The van der Waals surface area contributed by atoms with E-state index in [2.05, 4.69) is 0 Å². The van der Waals surface area contributed by atoms with Crippen molar-refractivity contribution in [3.8, 4) is 5.75 Å². The van der Waals surface area contributed by atoms with E-state index in [0.29, 0.717) is 0 Å². The number of ether oxygens (including phenoxy) is 1. The van der Waals surface area contributed by atoms with Crippen LogP contribution in [0.15, 0.2) is 53.4 Å². The molecule has 2 nitrogen and oxygen atoms in total. The first-order valence-corrected chi connectivity index (χ1v) is 7.29. The average molecular weight is 272 g/mol. The van der Waals surface area contributed by atoms with Gasteiger partial charge in [-0.15, -0.1) is 11.8 Å². The summed E-state index contributed by atoms with van der Waals surface area (Å²) in [7, 11) is 0. The highest BCUT2D eigenvalue weighted by Crippen LogP contribution is 2.19. The Kier molecular flexibility index (Phi) is 4.63. The summed E-state index contributed by atoms with van der Waals surface area (Å²) in [4.78, 5) is 13.2. The first-order valence-electron chi connectivity index (χ1n) is 6.06. The van der Waals surface area contributed by atoms with Crippen LogP contribution in [0.1, 0.15) is 15.9 Å². The molecule has 19 heavy (non-hydrogen) atoms. The summed E-state index contributed by atoms with van der Waals surface area (Å²) < 4.78 is 5.52. The SMILES string of the molecule is CSc1ccc(OCC(=O)c2ccccc2C)cc1. The van der Waals surface area contributed by atoms with Gasteiger partial charge in [-0.05, 0) is 43.0 Å². The summed E-state index contributed by atoms with van der Waals surface area (Å²) in [5.41, 5.74) is 1.71. The van der Waals surface area contributed by atoms with Gasteiger partial charge in [0.05, 0.1) is 0 Å². The summed E-state index contributed by atoms with van der Waals surface area (Å²) in [6.07, 6.45) is 2.03. The van der Waals surface area contributed by atoms with Gasteiger partial charge in [0, 0.05) is 10.5 Å². The lowest BCUT2D eigenvalue weighted by atomic mass is 10.1. The lowest BCUT2D eigenvalue weighted by molar-refractivity contribution is 0.0921. The number of carbonyl (C=O) groups is 1. The third kappa shape index (κ3) is 3.61. The molecule has 0 saturated carbocycles. The number of aryl methyl sites for hydroxylation is 1. The summed E-state index contributed by atoms with van der Waals surface area (Å²) in [6, 6.07) is 15.3. The fraction of sp³-hybridized carbons (Fsp3) is 0.188. The number of Topliss-reactive ketones (excluding diaryl/α,β-unsaturated/α-hetero) is 1. The summed E-state index contributed by atoms with van der Waals surface area (Å²) in [5, 5.41) is 0. The molecule has 0 heterocycles. The van der Waals surface area contributed by atoms with E-state index in [4.69, 9.17) is 4.74 Å². The Morgan fingerprint density at radius 3 is 2.42 bits per heavy atom. The second-order valence-corrected chi connectivity index (χ2v) is 5.08. The normalized spacial score (nSPS) is 10.2. The minimum Gasteiger partial charge on any atom is -0.485 e. The highest BCUT2D eigenvalue weighted by molar-refractivity contribution is 7.98. The number of carbonyl (C=O) groups excluding carboxylic acids is 1. The average Bonchev–Trinajstić information content (AvgIpc) is 2.46. The smallest absolute Gasteiger partial charge is 0.200 e. The first-order chi connectivity index (χ1) is 9.20. The standard InChI is InChI=1S/C16H16O2S/c1-12-5-3-4-6-15(12)16(17)11-18-13-7-9-14(19-2)10-8-13/h3-10H,11H2,1-2H3. The van der Waals surface area contributed by atoms with E-state index in [-0.39, 0.29) is 12.4 Å². The first kappa shape index (κ1) is 13.7. The number of rotatable bonds is 5. The lowest BCUT2D eigenvalue weighted by Gasteiger charge is -2.07. The zero-order valence-electron chi connectivity index (χ0n) is 11.1. The maximum Gasteiger partial charge on any atom is 0.200 e. The molecular weight excluding hydrogens is 256 g/mol. The molecule has 0 bridgehead atoms. The molecule has 0 fully saturated rings. The Balaban J connectivity index is 1.98. The van der Waals surface area contributed by atoms with Crippen LogP contribution in [-0.2, 0) is 0 Å². The van der Waals surface area contributed by atoms with Gasteiger partial charge in [-0.3, -0.25) is 4.79 Å². The molecule has 2 aromatic carbocycles. The van der Waals surface area contributed by atoms with Crippen LogP contribution in [-0.4, -0.2) is 18.6 Å². The minimum atomic E-state index is 0.00652. The quantitative estimate of drug-likeness (QED) is 0.608. The van der Waals surface area contributed by atoms with Crippen molar-refractivity contribution in [2.75, 3.05) is 12.9 Å². The van der Waals surface area contributed by atoms with E-state index >= 15 is 0 Å². The number of ketones is 1. The predicted octanol–water partition coefficient (Wildman–Crippen LogP) is 3.98. The zero-order valence-corrected chi connectivity index (χ0v) is 11.9. The van der Waals surface area contributed by atoms with E-state index in [1.165, 1.54) is 4.90 Å². The second kappa shape index (κ2) is 6.43. The van der Waals surface area contributed by atoms with Crippen molar-refractivity contribution in [3.05, 3.63) is 59.7 Å². The van der Waals surface area contributed by atoms with Gasteiger partial charge >= 0.3 is 0 Å². The molecular formula is C16H16O2S. The van der Waals surface area contributed by atoms with Crippen LogP contribution in [0.3, 0.4) is 0 Å². The molecule has 0 unspecified atom stereocenters. The van der Waals surface area contributed by atoms with Crippen LogP contribution in [0.25, 0.3) is 0 Å². The highest BCUT2D eigenvalue weighted by Gasteiger charge is 2.09. The van der Waals surface area contributed by atoms with Gasteiger partial charge in [-0.1, -0.05) is 24.3 Å². The molecule has 0 spiro atoms.